The number of nitrogens with zero attached hydrogens (tertiary/aromatic N) is 1. The van der Waals surface area contributed by atoms with Gasteiger partial charge in [0.15, 0.2) is 11.5 Å². The van der Waals surface area contributed by atoms with E-state index in [9.17, 15) is 9.59 Å². The van der Waals surface area contributed by atoms with Crippen LogP contribution in [0, 0.1) is 0 Å². The maximum Gasteiger partial charge on any atom is 0.229 e. The van der Waals surface area contributed by atoms with Crippen molar-refractivity contribution in [1.82, 2.24) is 5.32 Å². The van der Waals surface area contributed by atoms with Crippen LogP contribution in [0.1, 0.15) is 13.3 Å². The van der Waals surface area contributed by atoms with Crippen LogP contribution in [0.3, 0.4) is 0 Å². The van der Waals surface area contributed by atoms with Gasteiger partial charge in [0.1, 0.15) is 0 Å². The highest BCUT2D eigenvalue weighted by molar-refractivity contribution is 5.97. The van der Waals surface area contributed by atoms with E-state index in [4.69, 9.17) is 9.47 Å². The molecular formula is C14H18N2O4. The number of hydrogen-bond acceptors (Lipinski definition) is 4. The molecule has 2 amide bonds. The summed E-state index contributed by atoms with van der Waals surface area (Å²) in [5.41, 5.74) is 0.737. The van der Waals surface area contributed by atoms with Crippen molar-refractivity contribution in [1.29, 1.82) is 0 Å². The van der Waals surface area contributed by atoms with Crippen LogP contribution in [-0.2, 0) is 9.59 Å². The summed E-state index contributed by atoms with van der Waals surface area (Å²) < 4.78 is 10.4. The summed E-state index contributed by atoms with van der Waals surface area (Å²) >= 11 is 0. The minimum atomic E-state index is -0.145. The molecule has 1 aromatic carbocycles. The fraction of sp³-hybridized carbons (Fsp3) is 0.429. The lowest BCUT2D eigenvalue weighted by Crippen LogP contribution is -2.35. The Hall–Kier alpha value is -2.24. The van der Waals surface area contributed by atoms with Crippen molar-refractivity contribution in [2.45, 2.75) is 19.4 Å². The van der Waals surface area contributed by atoms with Gasteiger partial charge in [-0.2, -0.15) is 0 Å². The van der Waals surface area contributed by atoms with Crippen LogP contribution in [0.4, 0.5) is 5.69 Å². The van der Waals surface area contributed by atoms with Crippen molar-refractivity contribution in [3.05, 3.63) is 18.2 Å². The molecule has 0 bridgehead atoms. The van der Waals surface area contributed by atoms with Crippen LogP contribution in [0.15, 0.2) is 18.2 Å². The number of anilines is 1. The lowest BCUT2D eigenvalue weighted by Gasteiger charge is -2.18. The summed E-state index contributed by atoms with van der Waals surface area (Å²) in [4.78, 5) is 24.7. The zero-order valence-corrected chi connectivity index (χ0v) is 11.8. The van der Waals surface area contributed by atoms with E-state index in [2.05, 4.69) is 5.32 Å². The molecule has 1 saturated heterocycles. The zero-order chi connectivity index (χ0) is 14.7. The van der Waals surface area contributed by atoms with Gasteiger partial charge in [-0.1, -0.05) is 0 Å². The van der Waals surface area contributed by atoms with Gasteiger partial charge in [-0.3, -0.25) is 9.59 Å². The predicted molar refractivity (Wildman–Crippen MR) is 74.1 cm³/mol. The Balaban J connectivity index is 2.19. The summed E-state index contributed by atoms with van der Waals surface area (Å²) in [6, 6.07) is 5.17. The molecule has 0 aromatic heterocycles. The Morgan fingerprint density at radius 3 is 2.60 bits per heavy atom. The van der Waals surface area contributed by atoms with Crippen LogP contribution in [0.5, 0.6) is 11.5 Å². The average molecular weight is 278 g/mol. The molecule has 1 aliphatic heterocycles. The van der Waals surface area contributed by atoms with Gasteiger partial charge in [-0.25, -0.2) is 0 Å². The molecule has 108 valence electrons. The van der Waals surface area contributed by atoms with Gasteiger partial charge >= 0.3 is 0 Å². The molecule has 1 aromatic rings. The first-order valence-corrected chi connectivity index (χ1v) is 6.34. The van der Waals surface area contributed by atoms with Crippen molar-refractivity contribution in [2.75, 3.05) is 25.7 Å². The number of nitrogens with one attached hydrogen (secondary N) is 1. The lowest BCUT2D eigenvalue weighted by atomic mass is 10.2. The highest BCUT2D eigenvalue weighted by Crippen LogP contribution is 2.33. The maximum atomic E-state index is 12.0. The number of hydrogen-bond donors (Lipinski definition) is 1. The Labute approximate surface area is 117 Å². The van der Waals surface area contributed by atoms with Gasteiger partial charge in [0.05, 0.1) is 20.3 Å². The van der Waals surface area contributed by atoms with Gasteiger partial charge in [-0.05, 0) is 12.1 Å². The Bertz CT molecular complexity index is 530. The summed E-state index contributed by atoms with van der Waals surface area (Å²) in [6.07, 6.45) is 0.313. The molecule has 6 nitrogen and oxygen atoms in total. The third kappa shape index (κ3) is 2.84. The van der Waals surface area contributed by atoms with Crippen molar-refractivity contribution in [3.63, 3.8) is 0 Å². The highest BCUT2D eigenvalue weighted by atomic mass is 16.5. The van der Waals surface area contributed by atoms with E-state index < -0.39 is 0 Å². The van der Waals surface area contributed by atoms with E-state index in [1.54, 1.807) is 37.3 Å². The van der Waals surface area contributed by atoms with E-state index in [1.165, 1.54) is 6.92 Å². The van der Waals surface area contributed by atoms with Crippen molar-refractivity contribution in [3.8, 4) is 11.5 Å². The lowest BCUT2D eigenvalue weighted by molar-refractivity contribution is -0.119. The van der Waals surface area contributed by atoms with Gasteiger partial charge in [0, 0.05) is 31.6 Å². The van der Waals surface area contributed by atoms with Gasteiger partial charge in [-0.15, -0.1) is 0 Å². The molecule has 0 radical (unpaired) electrons. The average Bonchev–Trinajstić information content (AvgIpc) is 2.77. The number of methoxy groups -OCH3 is 2. The molecule has 1 fully saturated rings. The van der Waals surface area contributed by atoms with Crippen molar-refractivity contribution >= 4 is 17.5 Å². The highest BCUT2D eigenvalue weighted by Gasteiger charge is 2.31. The first-order valence-electron chi connectivity index (χ1n) is 6.34. The summed E-state index contributed by atoms with van der Waals surface area (Å²) in [5.74, 6) is 1.04. The fourth-order valence-corrected chi connectivity index (χ4v) is 2.33. The topological polar surface area (TPSA) is 67.9 Å². The summed E-state index contributed by atoms with van der Waals surface area (Å²) in [5, 5.41) is 2.77. The summed E-state index contributed by atoms with van der Waals surface area (Å²) in [6.45, 7) is 1.91. The molecule has 1 aliphatic rings. The minimum Gasteiger partial charge on any atom is -0.493 e. The molecule has 0 saturated carbocycles. The molecule has 0 spiro atoms. The zero-order valence-electron chi connectivity index (χ0n) is 11.8. The van der Waals surface area contributed by atoms with E-state index in [0.29, 0.717) is 24.5 Å². The van der Waals surface area contributed by atoms with Gasteiger partial charge in [0.25, 0.3) is 0 Å². The molecule has 1 atom stereocenters. The molecule has 1 N–H and O–H groups in total. The quantitative estimate of drug-likeness (QED) is 0.890. The van der Waals surface area contributed by atoms with E-state index in [0.717, 1.165) is 5.69 Å². The number of amides is 2. The monoisotopic (exact) mass is 278 g/mol. The molecule has 6 heteroatoms. The van der Waals surface area contributed by atoms with Crippen LogP contribution in [0.2, 0.25) is 0 Å². The van der Waals surface area contributed by atoms with Gasteiger partial charge in [0.2, 0.25) is 11.8 Å². The number of ether oxygens (including phenoxy) is 2. The van der Waals surface area contributed by atoms with Crippen LogP contribution in [-0.4, -0.2) is 38.6 Å². The molecule has 0 aliphatic carbocycles. The second-order valence-electron chi connectivity index (χ2n) is 4.65. The fourth-order valence-electron chi connectivity index (χ4n) is 2.33. The first-order chi connectivity index (χ1) is 9.55. The van der Waals surface area contributed by atoms with Crippen molar-refractivity contribution < 1.29 is 19.1 Å². The second-order valence-corrected chi connectivity index (χ2v) is 4.65. The molecule has 1 heterocycles. The first kappa shape index (κ1) is 14.2. The van der Waals surface area contributed by atoms with E-state index >= 15 is 0 Å². The number of carbonyl (C=O) groups excluding carboxylic acids is 2. The number of rotatable bonds is 4. The van der Waals surface area contributed by atoms with Gasteiger partial charge < -0.3 is 19.7 Å². The molecular weight excluding hydrogens is 260 g/mol. The minimum absolute atomic E-state index is 0.0176. The Kier molecular flexibility index (Phi) is 4.12. The molecule has 2 rings (SSSR count). The normalized spacial score (nSPS) is 18.1. The Morgan fingerprint density at radius 2 is 2.00 bits per heavy atom. The third-order valence-corrected chi connectivity index (χ3v) is 3.21. The standard InChI is InChI=1S/C14H18N2O4/c1-9(17)15-10-6-14(18)16(8-10)11-4-5-12(19-2)13(7-11)20-3/h4-5,7,10H,6,8H2,1-3H3,(H,15,17)/t10-/m0/s1. The predicted octanol–water partition coefficient (Wildman–Crippen LogP) is 0.945. The molecule has 0 unspecified atom stereocenters. The van der Waals surface area contributed by atoms with E-state index in [1.807, 2.05) is 0 Å². The maximum absolute atomic E-state index is 12.0. The Morgan fingerprint density at radius 1 is 1.30 bits per heavy atom. The summed E-state index contributed by atoms with van der Waals surface area (Å²) in [7, 11) is 3.11. The number of benzene rings is 1. The van der Waals surface area contributed by atoms with Crippen molar-refractivity contribution in [2.24, 2.45) is 0 Å². The van der Waals surface area contributed by atoms with Crippen LogP contribution in [0.25, 0.3) is 0 Å². The molecule has 20 heavy (non-hydrogen) atoms. The second kappa shape index (κ2) is 5.81. The largest absolute Gasteiger partial charge is 0.493 e. The SMILES string of the molecule is COc1ccc(N2C[C@@H](NC(C)=O)CC2=O)cc1OC. The number of carbonyl (C=O) groups is 2. The van der Waals surface area contributed by atoms with Crippen LogP contribution >= 0.6 is 0 Å². The smallest absolute Gasteiger partial charge is 0.229 e. The van der Waals surface area contributed by atoms with E-state index in [-0.39, 0.29) is 17.9 Å². The third-order valence-electron chi connectivity index (χ3n) is 3.21. The van der Waals surface area contributed by atoms with Crippen LogP contribution < -0.4 is 19.7 Å².